The molecule has 0 unspecified atom stereocenters. The number of amides is 1. The highest BCUT2D eigenvalue weighted by Crippen LogP contribution is 2.19. The minimum Gasteiger partial charge on any atom is -0.449 e. The van der Waals surface area contributed by atoms with Crippen LogP contribution < -0.4 is 4.90 Å². The van der Waals surface area contributed by atoms with Crippen LogP contribution in [0.3, 0.4) is 0 Å². The van der Waals surface area contributed by atoms with Gasteiger partial charge in [-0.15, -0.1) is 0 Å². The molecule has 0 saturated carbocycles. The van der Waals surface area contributed by atoms with Gasteiger partial charge in [-0.05, 0) is 43.0 Å². The average molecular weight is 359 g/mol. The van der Waals surface area contributed by atoms with Crippen molar-refractivity contribution in [3.63, 3.8) is 0 Å². The van der Waals surface area contributed by atoms with Crippen molar-refractivity contribution in [1.29, 1.82) is 0 Å². The number of nitrogens with zero attached hydrogens (tertiary/aromatic N) is 1. The van der Waals surface area contributed by atoms with E-state index < -0.39 is 0 Å². The third-order valence-electron chi connectivity index (χ3n) is 4.43. The Kier molecular flexibility index (Phi) is 6.64. The Morgan fingerprint density at radius 1 is 0.815 bits per heavy atom. The zero-order chi connectivity index (χ0) is 18.9. The highest BCUT2D eigenvalue weighted by molar-refractivity contribution is 5.87. The average Bonchev–Trinajstić information content (AvgIpc) is 2.72. The van der Waals surface area contributed by atoms with E-state index in [1.165, 1.54) is 5.56 Å². The van der Waals surface area contributed by atoms with Gasteiger partial charge < -0.3 is 4.74 Å². The maximum Gasteiger partial charge on any atom is 0.414 e. The second kappa shape index (κ2) is 9.58. The molecule has 3 heteroatoms. The van der Waals surface area contributed by atoms with E-state index in [0.29, 0.717) is 13.2 Å². The lowest BCUT2D eigenvalue weighted by Gasteiger charge is -2.22. The topological polar surface area (TPSA) is 29.5 Å². The standard InChI is InChI=1S/C24H25NO2/c1-20-14-16-23(17-15-20)25(19-22-11-6-3-7-12-22)24(26)27-18-8-13-21-9-4-2-5-10-21/h2-7,9-12,14-17H,8,13,18-19H2,1H3. The number of carbonyl (C=O) groups excluding carboxylic acids is 1. The molecule has 3 nitrogen and oxygen atoms in total. The highest BCUT2D eigenvalue weighted by Gasteiger charge is 2.17. The number of ether oxygens (including phenoxy) is 1. The van der Waals surface area contributed by atoms with Gasteiger partial charge in [0.15, 0.2) is 0 Å². The molecular formula is C24H25NO2. The second-order valence-corrected chi connectivity index (χ2v) is 6.61. The van der Waals surface area contributed by atoms with Crippen molar-refractivity contribution in [2.45, 2.75) is 26.3 Å². The molecule has 3 rings (SSSR count). The summed E-state index contributed by atoms with van der Waals surface area (Å²) < 4.78 is 5.57. The molecule has 0 heterocycles. The largest absolute Gasteiger partial charge is 0.449 e. The predicted molar refractivity (Wildman–Crippen MR) is 110 cm³/mol. The normalized spacial score (nSPS) is 10.4. The molecule has 0 aliphatic carbocycles. The molecule has 0 bridgehead atoms. The van der Waals surface area contributed by atoms with E-state index >= 15 is 0 Å². The van der Waals surface area contributed by atoms with Gasteiger partial charge in [0.1, 0.15) is 0 Å². The summed E-state index contributed by atoms with van der Waals surface area (Å²) in [6.45, 7) is 2.93. The molecular weight excluding hydrogens is 334 g/mol. The van der Waals surface area contributed by atoms with Gasteiger partial charge in [0, 0.05) is 5.69 Å². The Morgan fingerprint density at radius 2 is 1.41 bits per heavy atom. The van der Waals surface area contributed by atoms with Gasteiger partial charge in [0.25, 0.3) is 0 Å². The van der Waals surface area contributed by atoms with Gasteiger partial charge >= 0.3 is 6.09 Å². The lowest BCUT2D eigenvalue weighted by molar-refractivity contribution is 0.152. The minimum absolute atomic E-state index is 0.309. The van der Waals surface area contributed by atoms with Crippen LogP contribution in [0.15, 0.2) is 84.9 Å². The molecule has 3 aromatic carbocycles. The molecule has 0 N–H and O–H groups in total. The van der Waals surface area contributed by atoms with Crippen molar-refractivity contribution in [3.8, 4) is 0 Å². The van der Waals surface area contributed by atoms with Crippen molar-refractivity contribution < 1.29 is 9.53 Å². The van der Waals surface area contributed by atoms with Gasteiger partial charge in [-0.25, -0.2) is 4.79 Å². The van der Waals surface area contributed by atoms with Crippen molar-refractivity contribution in [1.82, 2.24) is 0 Å². The molecule has 0 atom stereocenters. The first kappa shape index (κ1) is 18.7. The monoisotopic (exact) mass is 359 g/mol. The third kappa shape index (κ3) is 5.71. The van der Waals surface area contributed by atoms with Gasteiger partial charge in [-0.2, -0.15) is 0 Å². The van der Waals surface area contributed by atoms with E-state index in [4.69, 9.17) is 4.74 Å². The van der Waals surface area contributed by atoms with Crippen LogP contribution in [-0.2, 0) is 17.7 Å². The SMILES string of the molecule is Cc1ccc(N(Cc2ccccc2)C(=O)OCCCc2ccccc2)cc1. The van der Waals surface area contributed by atoms with Crippen LogP contribution in [0.1, 0.15) is 23.1 Å². The Hall–Kier alpha value is -3.07. The molecule has 0 aromatic heterocycles. The quantitative estimate of drug-likeness (QED) is 0.501. The van der Waals surface area contributed by atoms with E-state index in [-0.39, 0.29) is 6.09 Å². The third-order valence-corrected chi connectivity index (χ3v) is 4.43. The fourth-order valence-corrected chi connectivity index (χ4v) is 2.91. The second-order valence-electron chi connectivity index (χ2n) is 6.61. The Balaban J connectivity index is 1.62. The van der Waals surface area contributed by atoms with Crippen molar-refractivity contribution in [3.05, 3.63) is 102 Å². The molecule has 0 spiro atoms. The summed E-state index contributed by atoms with van der Waals surface area (Å²) in [5, 5.41) is 0. The molecule has 0 saturated heterocycles. The van der Waals surface area contributed by atoms with E-state index in [1.807, 2.05) is 79.7 Å². The van der Waals surface area contributed by atoms with E-state index in [0.717, 1.165) is 29.7 Å². The molecule has 0 aliphatic rings. The number of carbonyl (C=O) groups is 1. The first-order valence-electron chi connectivity index (χ1n) is 9.31. The van der Waals surface area contributed by atoms with Crippen LogP contribution in [0.4, 0.5) is 10.5 Å². The summed E-state index contributed by atoms with van der Waals surface area (Å²) in [5.41, 5.74) is 4.33. The smallest absolute Gasteiger partial charge is 0.414 e. The highest BCUT2D eigenvalue weighted by atomic mass is 16.6. The molecule has 0 aliphatic heterocycles. The van der Waals surface area contributed by atoms with Crippen molar-refractivity contribution >= 4 is 11.8 Å². The fourth-order valence-electron chi connectivity index (χ4n) is 2.91. The van der Waals surface area contributed by atoms with E-state index in [9.17, 15) is 4.79 Å². The predicted octanol–water partition coefficient (Wildman–Crippen LogP) is 5.77. The minimum atomic E-state index is -0.309. The van der Waals surface area contributed by atoms with Gasteiger partial charge in [-0.1, -0.05) is 78.4 Å². The molecule has 138 valence electrons. The van der Waals surface area contributed by atoms with Crippen molar-refractivity contribution in [2.75, 3.05) is 11.5 Å². The number of anilines is 1. The van der Waals surface area contributed by atoms with Gasteiger partial charge in [0.2, 0.25) is 0 Å². The van der Waals surface area contributed by atoms with E-state index in [2.05, 4.69) is 12.1 Å². The summed E-state index contributed by atoms with van der Waals surface area (Å²) in [7, 11) is 0. The molecule has 1 amide bonds. The summed E-state index contributed by atoms with van der Waals surface area (Å²) in [4.78, 5) is 14.4. The van der Waals surface area contributed by atoms with Crippen LogP contribution in [0.2, 0.25) is 0 Å². The summed E-state index contributed by atoms with van der Waals surface area (Å²) >= 11 is 0. The Labute approximate surface area is 161 Å². The summed E-state index contributed by atoms with van der Waals surface area (Å²) in [5.74, 6) is 0. The molecule has 0 radical (unpaired) electrons. The molecule has 27 heavy (non-hydrogen) atoms. The number of rotatable bonds is 7. The van der Waals surface area contributed by atoms with Gasteiger partial charge in [-0.3, -0.25) is 4.90 Å². The molecule has 3 aromatic rings. The summed E-state index contributed by atoms with van der Waals surface area (Å²) in [6.07, 6.45) is 1.40. The number of aryl methyl sites for hydroxylation is 2. The van der Waals surface area contributed by atoms with Crippen molar-refractivity contribution in [2.24, 2.45) is 0 Å². The Bertz CT molecular complexity index is 829. The van der Waals surface area contributed by atoms with Gasteiger partial charge in [0.05, 0.1) is 13.2 Å². The Morgan fingerprint density at radius 3 is 2.04 bits per heavy atom. The van der Waals surface area contributed by atoms with E-state index in [1.54, 1.807) is 4.90 Å². The van der Waals surface area contributed by atoms with Crippen LogP contribution in [0, 0.1) is 6.92 Å². The van der Waals surface area contributed by atoms with Crippen LogP contribution in [0.25, 0.3) is 0 Å². The maximum atomic E-state index is 12.7. The van der Waals surface area contributed by atoms with Crippen LogP contribution in [0.5, 0.6) is 0 Å². The lowest BCUT2D eigenvalue weighted by Crippen LogP contribution is -2.31. The number of benzene rings is 3. The van der Waals surface area contributed by atoms with Crippen LogP contribution in [-0.4, -0.2) is 12.7 Å². The summed E-state index contributed by atoms with van der Waals surface area (Å²) in [6, 6.07) is 28.2. The maximum absolute atomic E-state index is 12.7. The first-order valence-corrected chi connectivity index (χ1v) is 9.31. The zero-order valence-corrected chi connectivity index (χ0v) is 15.7. The van der Waals surface area contributed by atoms with Crippen LogP contribution >= 0.6 is 0 Å². The molecule has 0 fully saturated rings. The number of hydrogen-bond donors (Lipinski definition) is 0. The lowest BCUT2D eigenvalue weighted by atomic mass is 10.1. The fraction of sp³-hybridized carbons (Fsp3) is 0.208. The number of hydrogen-bond acceptors (Lipinski definition) is 2. The zero-order valence-electron chi connectivity index (χ0n) is 15.7. The first-order chi connectivity index (χ1) is 13.2.